The van der Waals surface area contributed by atoms with E-state index in [4.69, 9.17) is 13.9 Å². The maximum absolute atomic E-state index is 13.1. The van der Waals surface area contributed by atoms with Crippen LogP contribution in [0.3, 0.4) is 0 Å². The number of methoxy groups -OCH3 is 2. The minimum Gasteiger partial charge on any atom is -0.493 e. The summed E-state index contributed by atoms with van der Waals surface area (Å²) in [5.41, 5.74) is 2.95. The zero-order chi connectivity index (χ0) is 19.4. The van der Waals surface area contributed by atoms with Crippen molar-refractivity contribution >= 4 is 11.0 Å². The Kier molecular flexibility index (Phi) is 5.81. The zero-order valence-corrected chi connectivity index (χ0v) is 16.2. The summed E-state index contributed by atoms with van der Waals surface area (Å²) in [6.07, 6.45) is 1.52. The van der Waals surface area contributed by atoms with Crippen molar-refractivity contribution in [1.82, 2.24) is 4.90 Å². The number of rotatable bonds is 7. The highest BCUT2D eigenvalue weighted by atomic mass is 16.5. The SMILES string of the molecule is CCN(CC)Cc1cccc(-c2coc3cc(OC)c(OC)cc3c2=O)c1. The molecule has 0 fully saturated rings. The van der Waals surface area contributed by atoms with E-state index in [0.29, 0.717) is 28.0 Å². The lowest BCUT2D eigenvalue weighted by Gasteiger charge is -2.18. The molecule has 0 aliphatic rings. The van der Waals surface area contributed by atoms with Crippen LogP contribution in [0, 0.1) is 0 Å². The van der Waals surface area contributed by atoms with Crippen LogP contribution in [-0.2, 0) is 6.54 Å². The maximum atomic E-state index is 13.1. The molecule has 0 saturated heterocycles. The minimum absolute atomic E-state index is 0.0859. The number of fused-ring (bicyclic) bond motifs is 1. The van der Waals surface area contributed by atoms with Crippen LogP contribution in [0.15, 0.2) is 51.9 Å². The molecule has 0 unspecified atom stereocenters. The van der Waals surface area contributed by atoms with E-state index >= 15 is 0 Å². The number of nitrogens with zero attached hydrogens (tertiary/aromatic N) is 1. The number of hydrogen-bond donors (Lipinski definition) is 0. The molecule has 0 aliphatic heterocycles. The third-order valence-corrected chi connectivity index (χ3v) is 4.82. The second kappa shape index (κ2) is 8.27. The largest absolute Gasteiger partial charge is 0.493 e. The third-order valence-electron chi connectivity index (χ3n) is 4.82. The Morgan fingerprint density at radius 1 is 1.00 bits per heavy atom. The van der Waals surface area contributed by atoms with E-state index in [2.05, 4.69) is 30.9 Å². The molecule has 142 valence electrons. The lowest BCUT2D eigenvalue weighted by Crippen LogP contribution is -2.22. The van der Waals surface area contributed by atoms with E-state index in [0.717, 1.165) is 25.2 Å². The summed E-state index contributed by atoms with van der Waals surface area (Å²) in [4.78, 5) is 15.4. The van der Waals surface area contributed by atoms with Gasteiger partial charge in [-0.25, -0.2) is 0 Å². The maximum Gasteiger partial charge on any atom is 0.200 e. The van der Waals surface area contributed by atoms with Crippen molar-refractivity contribution < 1.29 is 13.9 Å². The molecular weight excluding hydrogens is 342 g/mol. The Bertz CT molecular complexity index is 989. The van der Waals surface area contributed by atoms with Gasteiger partial charge in [0.25, 0.3) is 0 Å². The number of hydrogen-bond acceptors (Lipinski definition) is 5. The van der Waals surface area contributed by atoms with Gasteiger partial charge in [0, 0.05) is 12.6 Å². The molecule has 27 heavy (non-hydrogen) atoms. The van der Waals surface area contributed by atoms with Crippen molar-refractivity contribution in [2.24, 2.45) is 0 Å². The molecule has 0 saturated carbocycles. The molecule has 0 amide bonds. The first kappa shape index (κ1) is 19.0. The van der Waals surface area contributed by atoms with Crippen LogP contribution < -0.4 is 14.9 Å². The Balaban J connectivity index is 2.07. The van der Waals surface area contributed by atoms with Crippen molar-refractivity contribution in [1.29, 1.82) is 0 Å². The highest BCUT2D eigenvalue weighted by Gasteiger charge is 2.14. The summed E-state index contributed by atoms with van der Waals surface area (Å²) < 4.78 is 16.3. The highest BCUT2D eigenvalue weighted by Crippen LogP contribution is 2.32. The minimum atomic E-state index is -0.0859. The van der Waals surface area contributed by atoms with E-state index in [1.807, 2.05) is 12.1 Å². The van der Waals surface area contributed by atoms with Gasteiger partial charge in [0.05, 0.1) is 25.2 Å². The van der Waals surface area contributed by atoms with Crippen molar-refractivity contribution in [3.05, 3.63) is 58.4 Å². The average Bonchev–Trinajstić information content (AvgIpc) is 2.71. The van der Waals surface area contributed by atoms with Gasteiger partial charge in [-0.2, -0.15) is 0 Å². The monoisotopic (exact) mass is 367 g/mol. The Morgan fingerprint density at radius 2 is 1.70 bits per heavy atom. The van der Waals surface area contributed by atoms with Crippen LogP contribution in [0.1, 0.15) is 19.4 Å². The Hall–Kier alpha value is -2.79. The molecule has 3 rings (SSSR count). The van der Waals surface area contributed by atoms with Crippen molar-refractivity contribution in [2.75, 3.05) is 27.3 Å². The van der Waals surface area contributed by atoms with Gasteiger partial charge in [0.1, 0.15) is 11.8 Å². The van der Waals surface area contributed by atoms with Crippen LogP contribution in [0.5, 0.6) is 11.5 Å². The molecule has 0 bridgehead atoms. The fraction of sp³-hybridized carbons (Fsp3) is 0.318. The summed E-state index contributed by atoms with van der Waals surface area (Å²) in [7, 11) is 3.10. The molecule has 1 heterocycles. The molecule has 0 N–H and O–H groups in total. The average molecular weight is 367 g/mol. The van der Waals surface area contributed by atoms with Crippen LogP contribution in [0.25, 0.3) is 22.1 Å². The Morgan fingerprint density at radius 3 is 2.37 bits per heavy atom. The van der Waals surface area contributed by atoms with Gasteiger partial charge in [0.15, 0.2) is 11.5 Å². The molecule has 0 spiro atoms. The van der Waals surface area contributed by atoms with Gasteiger partial charge >= 0.3 is 0 Å². The molecule has 1 aromatic heterocycles. The predicted octanol–water partition coefficient (Wildman–Crippen LogP) is 4.32. The van der Waals surface area contributed by atoms with Crippen LogP contribution in [-0.4, -0.2) is 32.2 Å². The second-order valence-corrected chi connectivity index (χ2v) is 6.34. The molecule has 5 nitrogen and oxygen atoms in total. The number of ether oxygens (including phenoxy) is 2. The molecule has 5 heteroatoms. The predicted molar refractivity (Wildman–Crippen MR) is 108 cm³/mol. The van der Waals surface area contributed by atoms with Gasteiger partial charge in [0.2, 0.25) is 5.43 Å². The van der Waals surface area contributed by atoms with E-state index in [-0.39, 0.29) is 5.43 Å². The second-order valence-electron chi connectivity index (χ2n) is 6.34. The summed E-state index contributed by atoms with van der Waals surface area (Å²) in [6, 6.07) is 11.4. The first-order valence-electron chi connectivity index (χ1n) is 9.10. The highest BCUT2D eigenvalue weighted by molar-refractivity contribution is 5.84. The number of benzene rings is 2. The summed E-state index contributed by atoms with van der Waals surface area (Å²) in [6.45, 7) is 7.12. The van der Waals surface area contributed by atoms with Gasteiger partial charge in [-0.05, 0) is 36.3 Å². The standard InChI is InChI=1S/C22H25NO4/c1-5-23(6-2)13-15-8-7-9-16(10-15)18-14-27-19-12-21(26-4)20(25-3)11-17(19)22(18)24/h7-12,14H,5-6,13H2,1-4H3. The third kappa shape index (κ3) is 3.83. The van der Waals surface area contributed by atoms with Crippen LogP contribution in [0.4, 0.5) is 0 Å². The lowest BCUT2D eigenvalue weighted by atomic mass is 10.0. The van der Waals surface area contributed by atoms with E-state index < -0.39 is 0 Å². The van der Waals surface area contributed by atoms with Crippen molar-refractivity contribution in [2.45, 2.75) is 20.4 Å². The molecule has 3 aromatic rings. The molecule has 0 aliphatic carbocycles. The molecule has 0 atom stereocenters. The van der Waals surface area contributed by atoms with Crippen LogP contribution >= 0.6 is 0 Å². The first-order chi connectivity index (χ1) is 13.1. The van der Waals surface area contributed by atoms with Crippen molar-refractivity contribution in [3.63, 3.8) is 0 Å². The normalized spacial score (nSPS) is 11.1. The summed E-state index contributed by atoms with van der Waals surface area (Å²) in [5, 5.41) is 0.472. The van der Waals surface area contributed by atoms with Gasteiger partial charge in [-0.3, -0.25) is 9.69 Å². The summed E-state index contributed by atoms with van der Waals surface area (Å²) >= 11 is 0. The fourth-order valence-electron chi connectivity index (χ4n) is 3.20. The smallest absolute Gasteiger partial charge is 0.200 e. The van der Waals surface area contributed by atoms with Gasteiger partial charge in [-0.15, -0.1) is 0 Å². The molecule has 2 aromatic carbocycles. The van der Waals surface area contributed by atoms with Crippen molar-refractivity contribution in [3.8, 4) is 22.6 Å². The quantitative estimate of drug-likeness (QED) is 0.622. The van der Waals surface area contributed by atoms with Gasteiger partial charge in [-0.1, -0.05) is 32.0 Å². The van der Waals surface area contributed by atoms with Crippen LogP contribution in [0.2, 0.25) is 0 Å². The Labute approximate surface area is 159 Å². The molecule has 0 radical (unpaired) electrons. The fourth-order valence-corrected chi connectivity index (χ4v) is 3.20. The first-order valence-corrected chi connectivity index (χ1v) is 9.10. The van der Waals surface area contributed by atoms with Gasteiger partial charge < -0.3 is 13.9 Å². The lowest BCUT2D eigenvalue weighted by molar-refractivity contribution is 0.296. The topological polar surface area (TPSA) is 51.9 Å². The summed E-state index contributed by atoms with van der Waals surface area (Å²) in [5.74, 6) is 1.03. The molecular formula is C22H25NO4. The van der Waals surface area contributed by atoms with E-state index in [1.54, 1.807) is 26.4 Å². The zero-order valence-electron chi connectivity index (χ0n) is 16.2. The van der Waals surface area contributed by atoms with E-state index in [9.17, 15) is 4.79 Å². The van der Waals surface area contributed by atoms with E-state index in [1.165, 1.54) is 11.8 Å².